The number of likely N-dealkylation sites (tertiary alicyclic amines) is 1. The Kier molecular flexibility index (Phi) is 9.80. The van der Waals surface area contributed by atoms with Crippen molar-refractivity contribution in [3.8, 4) is 5.75 Å². The van der Waals surface area contributed by atoms with Gasteiger partial charge in [-0.25, -0.2) is 4.79 Å². The Hall–Kier alpha value is -4.67. The molecule has 1 saturated heterocycles. The van der Waals surface area contributed by atoms with Crippen molar-refractivity contribution in [2.24, 2.45) is 10.7 Å². The quantitative estimate of drug-likeness (QED) is 0.227. The van der Waals surface area contributed by atoms with E-state index in [1.165, 1.54) is 18.2 Å². The summed E-state index contributed by atoms with van der Waals surface area (Å²) in [5, 5.41) is 36.4. The zero-order valence-electron chi connectivity index (χ0n) is 21.7. The highest BCUT2D eigenvalue weighted by atomic mass is 16.4. The number of benzene rings is 2. The largest absolute Gasteiger partial charge is 0.507 e. The monoisotopic (exact) mass is 535 g/mol. The van der Waals surface area contributed by atoms with Crippen LogP contribution in [0.4, 0.5) is 5.69 Å². The summed E-state index contributed by atoms with van der Waals surface area (Å²) in [6.07, 6.45) is 4.27. The lowest BCUT2D eigenvalue weighted by Crippen LogP contribution is -2.38. The number of carbonyl (C=O) groups is 3. The maximum absolute atomic E-state index is 12.9. The average molecular weight is 536 g/mol. The number of carboxylic acids is 2. The molecule has 0 bridgehead atoms. The van der Waals surface area contributed by atoms with E-state index in [4.69, 9.17) is 16.2 Å². The molecule has 3 rings (SSSR count). The van der Waals surface area contributed by atoms with E-state index in [2.05, 4.69) is 4.99 Å². The van der Waals surface area contributed by atoms with Gasteiger partial charge in [-0.05, 0) is 43.5 Å². The Balaban J connectivity index is 1.78. The molecule has 1 heterocycles. The zero-order valence-corrected chi connectivity index (χ0v) is 21.7. The molecule has 11 heteroatoms. The second-order valence-corrected chi connectivity index (χ2v) is 9.22. The van der Waals surface area contributed by atoms with Gasteiger partial charge in [0.25, 0.3) is 0 Å². The topological polar surface area (TPSA) is 181 Å². The fourth-order valence-corrected chi connectivity index (χ4v) is 4.35. The molecule has 6 N–H and O–H groups in total. The Morgan fingerprint density at radius 3 is 2.46 bits per heavy atom. The molecule has 2 aromatic rings. The third-order valence-electron chi connectivity index (χ3n) is 6.42. The Morgan fingerprint density at radius 2 is 1.82 bits per heavy atom. The van der Waals surface area contributed by atoms with Crippen molar-refractivity contribution >= 4 is 41.3 Å². The molecule has 0 atom stereocenters. The third kappa shape index (κ3) is 7.91. The number of amides is 1. The minimum atomic E-state index is -1.41. The van der Waals surface area contributed by atoms with Gasteiger partial charge in [-0.2, -0.15) is 0 Å². The summed E-state index contributed by atoms with van der Waals surface area (Å²) in [6, 6.07) is 11.5. The number of hydrogen-bond acceptors (Lipinski definition) is 6. The van der Waals surface area contributed by atoms with E-state index in [0.717, 1.165) is 42.0 Å². The predicted molar refractivity (Wildman–Crippen MR) is 148 cm³/mol. The van der Waals surface area contributed by atoms with Gasteiger partial charge in [0.15, 0.2) is 0 Å². The molecule has 39 heavy (non-hydrogen) atoms. The van der Waals surface area contributed by atoms with E-state index in [1.807, 2.05) is 29.2 Å². The number of piperidine rings is 1. The minimum absolute atomic E-state index is 0.0306. The fourth-order valence-electron chi connectivity index (χ4n) is 4.35. The van der Waals surface area contributed by atoms with Crippen LogP contribution >= 0.6 is 0 Å². The van der Waals surface area contributed by atoms with Gasteiger partial charge in [0.1, 0.15) is 17.1 Å². The number of nitrogens with zero attached hydrogens (tertiary/aromatic N) is 3. The third-order valence-corrected chi connectivity index (χ3v) is 6.42. The first kappa shape index (κ1) is 28.9. The molecule has 11 nitrogen and oxygen atoms in total. The van der Waals surface area contributed by atoms with Crippen LogP contribution in [-0.4, -0.2) is 75.4 Å². The fraction of sp³-hybridized carbons (Fsp3) is 0.321. The van der Waals surface area contributed by atoms with Crippen LogP contribution in [0.3, 0.4) is 0 Å². The molecule has 1 aliphatic heterocycles. The molecule has 1 aliphatic rings. The van der Waals surface area contributed by atoms with Gasteiger partial charge >= 0.3 is 11.9 Å². The first-order chi connectivity index (χ1) is 18.6. The highest BCUT2D eigenvalue weighted by Crippen LogP contribution is 2.29. The number of aliphatic carboxylic acids is 1. The normalized spacial score (nSPS) is 14.4. The van der Waals surface area contributed by atoms with Crippen molar-refractivity contribution in [3.63, 3.8) is 0 Å². The molecule has 1 fully saturated rings. The highest BCUT2D eigenvalue weighted by Gasteiger charge is 2.24. The lowest BCUT2D eigenvalue weighted by atomic mass is 10.0. The summed E-state index contributed by atoms with van der Waals surface area (Å²) < 4.78 is 0. The zero-order chi connectivity index (χ0) is 28.5. The van der Waals surface area contributed by atoms with Crippen molar-refractivity contribution in [3.05, 3.63) is 65.2 Å². The lowest BCUT2D eigenvalue weighted by molar-refractivity contribution is -0.138. The van der Waals surface area contributed by atoms with Crippen molar-refractivity contribution in [2.45, 2.75) is 38.6 Å². The van der Waals surface area contributed by atoms with Crippen LogP contribution in [0.25, 0.3) is 6.08 Å². The number of anilines is 1. The van der Waals surface area contributed by atoms with Crippen LogP contribution in [-0.2, 0) is 9.59 Å². The molecule has 0 aliphatic carbocycles. The number of carbonyl (C=O) groups excluding carboxylic acids is 1. The number of aromatic hydroxyl groups is 1. The maximum Gasteiger partial charge on any atom is 0.341 e. The molecule has 1 amide bonds. The van der Waals surface area contributed by atoms with Crippen LogP contribution in [0.1, 0.15) is 54.1 Å². The molecule has 2 aromatic carbocycles. The van der Waals surface area contributed by atoms with Crippen LogP contribution in [0, 0.1) is 5.41 Å². The van der Waals surface area contributed by atoms with Gasteiger partial charge in [-0.3, -0.25) is 20.0 Å². The van der Waals surface area contributed by atoms with Gasteiger partial charge in [-0.1, -0.05) is 36.4 Å². The number of phenols is 1. The molecule has 0 radical (unpaired) electrons. The van der Waals surface area contributed by atoms with Crippen LogP contribution in [0.2, 0.25) is 0 Å². The van der Waals surface area contributed by atoms with E-state index in [9.17, 15) is 24.6 Å². The first-order valence-electron chi connectivity index (χ1n) is 12.5. The first-order valence-corrected chi connectivity index (χ1v) is 12.5. The standard InChI is InChI=1S/C28H33N5O6/c1-18(29)32-15-12-21(13-16-32)31-27(30)20-7-2-5-19(17-20)6-4-14-33(24(35)10-11-25(36)37)22-8-3-9-23(34)26(22)28(38)39/h2-9,17,21,29,34H,10-16H2,1H3,(H2,30,31)(H,36,37)(H,38,39)/b6-4+,29-18?. The molecule has 0 unspecified atom stereocenters. The smallest absolute Gasteiger partial charge is 0.341 e. The summed E-state index contributed by atoms with van der Waals surface area (Å²) in [6.45, 7) is 3.26. The van der Waals surface area contributed by atoms with Crippen LogP contribution in [0.15, 0.2) is 53.5 Å². The van der Waals surface area contributed by atoms with Crippen molar-refractivity contribution in [1.29, 1.82) is 5.41 Å². The summed E-state index contributed by atoms with van der Waals surface area (Å²) in [5.74, 6) is -2.70. The molecule has 206 valence electrons. The van der Waals surface area contributed by atoms with E-state index in [1.54, 1.807) is 19.1 Å². The van der Waals surface area contributed by atoms with E-state index < -0.39 is 35.6 Å². The number of aromatic carboxylic acids is 1. The number of hydrogen-bond donors (Lipinski definition) is 5. The molecule has 0 saturated carbocycles. The maximum atomic E-state index is 12.9. The predicted octanol–water partition coefficient (Wildman–Crippen LogP) is 3.17. The molecular formula is C28H33N5O6. The second-order valence-electron chi connectivity index (χ2n) is 9.22. The van der Waals surface area contributed by atoms with E-state index in [-0.39, 0.29) is 24.7 Å². The van der Waals surface area contributed by atoms with E-state index >= 15 is 0 Å². The molecular weight excluding hydrogens is 502 g/mol. The van der Waals surface area contributed by atoms with Gasteiger partial charge in [-0.15, -0.1) is 0 Å². The van der Waals surface area contributed by atoms with Crippen molar-refractivity contribution < 1.29 is 29.7 Å². The summed E-state index contributed by atoms with van der Waals surface area (Å²) in [7, 11) is 0. The number of nitrogens with one attached hydrogen (secondary N) is 1. The Bertz CT molecular complexity index is 1300. The number of carboxylic acid groups (broad SMARTS) is 2. The number of rotatable bonds is 10. The summed E-state index contributed by atoms with van der Waals surface area (Å²) in [4.78, 5) is 43.5. The number of nitrogens with two attached hydrogens (primary N) is 1. The van der Waals surface area contributed by atoms with Gasteiger partial charge in [0.05, 0.1) is 24.0 Å². The second kappa shape index (κ2) is 13.2. The summed E-state index contributed by atoms with van der Waals surface area (Å²) >= 11 is 0. The molecule has 0 spiro atoms. The van der Waals surface area contributed by atoms with E-state index in [0.29, 0.717) is 11.7 Å². The van der Waals surface area contributed by atoms with Crippen molar-refractivity contribution in [2.75, 3.05) is 24.5 Å². The van der Waals surface area contributed by atoms with Crippen LogP contribution < -0.4 is 10.6 Å². The SMILES string of the molecule is CC(=N)N1CCC(N=C(N)c2cccc(/C=C/CN(C(=O)CCC(=O)O)c3cccc(O)c3C(=O)O)c2)CC1. The Labute approximate surface area is 226 Å². The van der Waals surface area contributed by atoms with Crippen molar-refractivity contribution in [1.82, 2.24) is 4.90 Å². The number of aliphatic imine (C=N–C) groups is 1. The van der Waals surface area contributed by atoms with Gasteiger partial charge in [0, 0.05) is 31.6 Å². The lowest BCUT2D eigenvalue weighted by Gasteiger charge is -2.31. The molecule has 0 aromatic heterocycles. The number of amidine groups is 2. The van der Waals surface area contributed by atoms with Gasteiger partial charge < -0.3 is 30.9 Å². The van der Waals surface area contributed by atoms with Crippen LogP contribution in [0.5, 0.6) is 5.75 Å². The van der Waals surface area contributed by atoms with Gasteiger partial charge in [0.2, 0.25) is 5.91 Å². The minimum Gasteiger partial charge on any atom is -0.507 e. The summed E-state index contributed by atoms with van der Waals surface area (Å²) in [5.41, 5.74) is 7.32. The highest BCUT2D eigenvalue weighted by molar-refractivity contribution is 6.04. The average Bonchev–Trinajstić information content (AvgIpc) is 2.90. The Morgan fingerprint density at radius 1 is 1.13 bits per heavy atom.